The van der Waals surface area contributed by atoms with Crippen molar-refractivity contribution in [2.75, 3.05) is 6.61 Å². The van der Waals surface area contributed by atoms with Crippen molar-refractivity contribution < 1.29 is 19.4 Å². The summed E-state index contributed by atoms with van der Waals surface area (Å²) >= 11 is 0. The molecule has 148 valence electrons. The quantitative estimate of drug-likeness (QED) is 0.488. The Morgan fingerprint density at radius 3 is 2.24 bits per heavy atom. The highest BCUT2D eigenvalue weighted by molar-refractivity contribution is 5.90. The molecule has 3 aromatic rings. The van der Waals surface area contributed by atoms with Crippen LogP contribution < -0.4 is 0 Å². The number of aliphatic imine (C=N–C) groups is 1. The van der Waals surface area contributed by atoms with Crippen molar-refractivity contribution in [3.63, 3.8) is 0 Å². The maximum atomic E-state index is 11.8. The van der Waals surface area contributed by atoms with Gasteiger partial charge in [-0.05, 0) is 75.4 Å². The van der Waals surface area contributed by atoms with E-state index in [1.165, 1.54) is 12.1 Å². The predicted octanol–water partition coefficient (Wildman–Crippen LogP) is 4.72. The van der Waals surface area contributed by atoms with Crippen molar-refractivity contribution >= 4 is 23.8 Å². The Morgan fingerprint density at radius 1 is 1.03 bits per heavy atom. The van der Waals surface area contributed by atoms with Gasteiger partial charge in [0.25, 0.3) is 0 Å². The van der Waals surface area contributed by atoms with E-state index in [1.54, 1.807) is 37.4 Å². The average molecular weight is 390 g/mol. The van der Waals surface area contributed by atoms with Crippen LogP contribution in [0.5, 0.6) is 0 Å². The first-order valence-electron chi connectivity index (χ1n) is 9.24. The number of aromatic nitrogens is 1. The minimum Gasteiger partial charge on any atom is -0.478 e. The Bertz CT molecular complexity index is 1060. The van der Waals surface area contributed by atoms with E-state index in [9.17, 15) is 9.59 Å². The lowest BCUT2D eigenvalue weighted by molar-refractivity contribution is 0.0526. The third-order valence-electron chi connectivity index (χ3n) is 4.57. The fourth-order valence-corrected chi connectivity index (χ4v) is 3.11. The normalized spacial score (nSPS) is 11.0. The van der Waals surface area contributed by atoms with Crippen LogP contribution in [-0.2, 0) is 4.74 Å². The van der Waals surface area contributed by atoms with Gasteiger partial charge in [0.1, 0.15) is 0 Å². The van der Waals surface area contributed by atoms with Crippen molar-refractivity contribution in [2.24, 2.45) is 4.99 Å². The maximum Gasteiger partial charge on any atom is 0.338 e. The molecule has 0 amide bonds. The summed E-state index contributed by atoms with van der Waals surface area (Å²) in [6, 6.07) is 15.7. The van der Waals surface area contributed by atoms with Crippen molar-refractivity contribution in [3.05, 3.63) is 82.7 Å². The van der Waals surface area contributed by atoms with Crippen LogP contribution in [0.4, 0.5) is 5.69 Å². The molecule has 0 aliphatic rings. The van der Waals surface area contributed by atoms with E-state index in [4.69, 9.17) is 9.84 Å². The van der Waals surface area contributed by atoms with E-state index >= 15 is 0 Å². The van der Waals surface area contributed by atoms with Crippen molar-refractivity contribution in [2.45, 2.75) is 20.8 Å². The fourth-order valence-electron chi connectivity index (χ4n) is 3.11. The van der Waals surface area contributed by atoms with Gasteiger partial charge in [0.15, 0.2) is 0 Å². The summed E-state index contributed by atoms with van der Waals surface area (Å²) in [5.41, 5.74) is 5.38. The number of aromatic carboxylic acids is 1. The lowest BCUT2D eigenvalue weighted by Gasteiger charge is -2.10. The van der Waals surface area contributed by atoms with E-state index in [0.717, 1.165) is 22.6 Å². The smallest absolute Gasteiger partial charge is 0.338 e. The highest BCUT2D eigenvalue weighted by Gasteiger charge is 2.11. The zero-order valence-electron chi connectivity index (χ0n) is 16.5. The Hall–Kier alpha value is -3.67. The average Bonchev–Trinajstić information content (AvgIpc) is 3.00. The predicted molar refractivity (Wildman–Crippen MR) is 112 cm³/mol. The number of carboxylic acid groups (broad SMARTS) is 1. The highest BCUT2D eigenvalue weighted by Crippen LogP contribution is 2.21. The van der Waals surface area contributed by atoms with Gasteiger partial charge in [0.05, 0.1) is 23.4 Å². The maximum absolute atomic E-state index is 11.8. The summed E-state index contributed by atoms with van der Waals surface area (Å²) in [5, 5.41) is 8.97. The molecule has 0 spiro atoms. The summed E-state index contributed by atoms with van der Waals surface area (Å²) in [6.07, 6.45) is 1.77. The van der Waals surface area contributed by atoms with Crippen LogP contribution in [0.1, 0.15) is 44.6 Å². The molecule has 1 aromatic heterocycles. The molecule has 2 aromatic carbocycles. The number of benzene rings is 2. The lowest BCUT2D eigenvalue weighted by atomic mass is 10.2. The summed E-state index contributed by atoms with van der Waals surface area (Å²) in [4.78, 5) is 27.2. The number of esters is 1. The Labute approximate surface area is 169 Å². The molecule has 0 atom stereocenters. The number of nitrogens with zero attached hydrogens (tertiary/aromatic N) is 2. The van der Waals surface area contributed by atoms with Gasteiger partial charge >= 0.3 is 11.9 Å². The van der Waals surface area contributed by atoms with Gasteiger partial charge in [-0.1, -0.05) is 0 Å². The molecule has 0 radical (unpaired) electrons. The molecule has 3 rings (SSSR count). The van der Waals surface area contributed by atoms with Crippen LogP contribution in [0.2, 0.25) is 0 Å². The van der Waals surface area contributed by atoms with Gasteiger partial charge in [-0.15, -0.1) is 0 Å². The first-order valence-corrected chi connectivity index (χ1v) is 9.24. The van der Waals surface area contributed by atoms with Gasteiger partial charge < -0.3 is 14.4 Å². The molecule has 6 heteroatoms. The molecule has 0 bridgehead atoms. The van der Waals surface area contributed by atoms with E-state index in [1.807, 2.05) is 32.0 Å². The standard InChI is InChI=1S/C23H22N2O4/c1-4-29-23(28)18-7-11-21(12-8-18)25-15(2)13-19(16(25)3)14-24-20-9-5-17(6-10-20)22(26)27/h5-14H,4H2,1-3H3,(H,26,27). The van der Waals surface area contributed by atoms with E-state index in [2.05, 4.69) is 9.56 Å². The number of ether oxygens (including phenoxy) is 1. The van der Waals surface area contributed by atoms with Crippen LogP contribution in [0.3, 0.4) is 0 Å². The second-order valence-corrected chi connectivity index (χ2v) is 6.54. The second-order valence-electron chi connectivity index (χ2n) is 6.54. The van der Waals surface area contributed by atoms with Crippen molar-refractivity contribution in [3.8, 4) is 5.69 Å². The molecule has 0 fully saturated rings. The molecular formula is C23H22N2O4. The second kappa shape index (κ2) is 8.56. The van der Waals surface area contributed by atoms with Crippen molar-refractivity contribution in [1.29, 1.82) is 0 Å². The highest BCUT2D eigenvalue weighted by atomic mass is 16.5. The number of carboxylic acids is 1. The van der Waals surface area contributed by atoms with Crippen molar-refractivity contribution in [1.82, 2.24) is 4.57 Å². The van der Waals surface area contributed by atoms with Gasteiger partial charge in [-0.25, -0.2) is 9.59 Å². The van der Waals surface area contributed by atoms with E-state index < -0.39 is 5.97 Å². The SMILES string of the molecule is CCOC(=O)c1ccc(-n2c(C)cc(C=Nc3ccc(C(=O)O)cc3)c2C)cc1. The number of hydrogen-bond donors (Lipinski definition) is 1. The molecule has 0 aliphatic carbocycles. The number of hydrogen-bond acceptors (Lipinski definition) is 4. The largest absolute Gasteiger partial charge is 0.478 e. The van der Waals surface area contributed by atoms with Gasteiger partial charge in [-0.3, -0.25) is 4.99 Å². The Kier molecular flexibility index (Phi) is 5.93. The third kappa shape index (κ3) is 4.43. The molecule has 29 heavy (non-hydrogen) atoms. The number of aryl methyl sites for hydroxylation is 1. The van der Waals surface area contributed by atoms with Crippen LogP contribution in [0.15, 0.2) is 59.6 Å². The van der Waals surface area contributed by atoms with Gasteiger partial charge in [-0.2, -0.15) is 0 Å². The number of carbonyl (C=O) groups excluding carboxylic acids is 1. The molecule has 0 saturated carbocycles. The molecular weight excluding hydrogens is 368 g/mol. The zero-order valence-corrected chi connectivity index (χ0v) is 16.5. The summed E-state index contributed by atoms with van der Waals surface area (Å²) in [5.74, 6) is -1.29. The molecule has 0 aliphatic heterocycles. The third-order valence-corrected chi connectivity index (χ3v) is 4.57. The molecule has 1 N–H and O–H groups in total. The topological polar surface area (TPSA) is 80.9 Å². The Morgan fingerprint density at radius 2 is 1.66 bits per heavy atom. The van der Waals surface area contributed by atoms with Crippen LogP contribution in [-0.4, -0.2) is 34.4 Å². The minimum absolute atomic E-state index is 0.230. The molecule has 6 nitrogen and oxygen atoms in total. The van der Waals surface area contributed by atoms with Gasteiger partial charge in [0.2, 0.25) is 0 Å². The lowest BCUT2D eigenvalue weighted by Crippen LogP contribution is -2.05. The molecule has 1 heterocycles. The summed E-state index contributed by atoms with van der Waals surface area (Å²) in [6.45, 7) is 6.13. The minimum atomic E-state index is -0.960. The van der Waals surface area contributed by atoms with Gasteiger partial charge in [0, 0.05) is 28.9 Å². The summed E-state index contributed by atoms with van der Waals surface area (Å²) < 4.78 is 7.11. The zero-order chi connectivity index (χ0) is 21.0. The van der Waals surface area contributed by atoms with Crippen LogP contribution in [0, 0.1) is 13.8 Å². The first kappa shape index (κ1) is 20.1. The van der Waals surface area contributed by atoms with Crippen LogP contribution in [0.25, 0.3) is 5.69 Å². The number of carbonyl (C=O) groups is 2. The number of rotatable bonds is 6. The molecule has 0 unspecified atom stereocenters. The Balaban J connectivity index is 1.84. The first-order chi connectivity index (χ1) is 13.9. The monoisotopic (exact) mass is 390 g/mol. The van der Waals surface area contributed by atoms with Crippen LogP contribution >= 0.6 is 0 Å². The fraction of sp³-hybridized carbons (Fsp3) is 0.174. The van der Waals surface area contributed by atoms with E-state index in [0.29, 0.717) is 17.9 Å². The molecule has 0 saturated heterocycles. The summed E-state index contributed by atoms with van der Waals surface area (Å²) in [7, 11) is 0. The van der Waals surface area contributed by atoms with E-state index in [-0.39, 0.29) is 11.5 Å².